The number of halogens is 1. The number of benzene rings is 1. The minimum Gasteiger partial charge on any atom is -0.492 e. The smallest absolute Gasteiger partial charge is 0.163 e. The zero-order valence-corrected chi connectivity index (χ0v) is 12.0. The fourth-order valence-corrected chi connectivity index (χ4v) is 2.37. The van der Waals surface area contributed by atoms with E-state index >= 15 is 0 Å². The largest absolute Gasteiger partial charge is 0.492 e. The van der Waals surface area contributed by atoms with Crippen LogP contribution in [0.1, 0.15) is 30.1 Å². The van der Waals surface area contributed by atoms with E-state index in [0.29, 0.717) is 23.8 Å². The average molecular weight is 313 g/mol. The van der Waals surface area contributed by atoms with Gasteiger partial charge in [-0.25, -0.2) is 0 Å². The van der Waals surface area contributed by atoms with Crippen LogP contribution in [-0.2, 0) is 4.74 Å². The van der Waals surface area contributed by atoms with Crippen molar-refractivity contribution in [2.75, 3.05) is 19.8 Å². The third kappa shape index (κ3) is 3.56. The molecule has 1 aliphatic rings. The molecular formula is C14H17BrO3. The van der Waals surface area contributed by atoms with Crippen molar-refractivity contribution in [2.24, 2.45) is 5.92 Å². The van der Waals surface area contributed by atoms with E-state index in [-0.39, 0.29) is 5.78 Å². The molecule has 1 saturated heterocycles. The molecule has 0 spiro atoms. The maximum atomic E-state index is 11.5. The van der Waals surface area contributed by atoms with E-state index in [4.69, 9.17) is 9.47 Å². The minimum absolute atomic E-state index is 0.0319. The van der Waals surface area contributed by atoms with Crippen molar-refractivity contribution in [2.45, 2.75) is 19.8 Å². The van der Waals surface area contributed by atoms with E-state index in [0.717, 1.165) is 30.5 Å². The van der Waals surface area contributed by atoms with Crippen LogP contribution in [-0.4, -0.2) is 25.6 Å². The molecule has 2 rings (SSSR count). The highest BCUT2D eigenvalue weighted by Crippen LogP contribution is 2.26. The number of Topliss-reactive ketones (excluding diaryl/α,β-unsaturated/α-hetero) is 1. The molecule has 0 aromatic heterocycles. The van der Waals surface area contributed by atoms with Gasteiger partial charge in [0.05, 0.1) is 12.2 Å². The lowest BCUT2D eigenvalue weighted by Crippen LogP contribution is -2.21. The van der Waals surface area contributed by atoms with Crippen molar-refractivity contribution in [3.05, 3.63) is 28.2 Å². The second kappa shape index (κ2) is 6.34. The molecule has 0 radical (unpaired) electrons. The summed E-state index contributed by atoms with van der Waals surface area (Å²) in [5.74, 6) is 1.23. The van der Waals surface area contributed by atoms with Gasteiger partial charge in [-0.15, -0.1) is 0 Å². The Kier molecular flexibility index (Phi) is 4.78. The standard InChI is InChI=1S/C14H17BrO3/c1-10(16)13-3-2-12(15)8-14(13)18-9-11-4-6-17-7-5-11/h2-3,8,11H,4-7,9H2,1H3. The molecule has 18 heavy (non-hydrogen) atoms. The second-order valence-electron chi connectivity index (χ2n) is 4.56. The van der Waals surface area contributed by atoms with Gasteiger partial charge < -0.3 is 9.47 Å². The van der Waals surface area contributed by atoms with Gasteiger partial charge in [0, 0.05) is 17.7 Å². The number of ketones is 1. The molecule has 0 bridgehead atoms. The Morgan fingerprint density at radius 2 is 2.17 bits per heavy atom. The van der Waals surface area contributed by atoms with E-state index in [9.17, 15) is 4.79 Å². The highest BCUT2D eigenvalue weighted by Gasteiger charge is 2.16. The fraction of sp³-hybridized carbons (Fsp3) is 0.500. The fourth-order valence-electron chi connectivity index (χ4n) is 2.03. The Labute approximate surface area is 116 Å². The number of carbonyl (C=O) groups excluding carboxylic acids is 1. The van der Waals surface area contributed by atoms with Crippen molar-refractivity contribution in [1.29, 1.82) is 0 Å². The van der Waals surface area contributed by atoms with Gasteiger partial charge in [0.1, 0.15) is 5.75 Å². The number of hydrogen-bond acceptors (Lipinski definition) is 3. The van der Waals surface area contributed by atoms with E-state index in [1.54, 1.807) is 13.0 Å². The first-order valence-electron chi connectivity index (χ1n) is 6.18. The van der Waals surface area contributed by atoms with Crippen LogP contribution in [0.5, 0.6) is 5.75 Å². The first-order chi connectivity index (χ1) is 8.66. The van der Waals surface area contributed by atoms with E-state index < -0.39 is 0 Å². The van der Waals surface area contributed by atoms with Gasteiger partial charge in [0.15, 0.2) is 5.78 Å². The highest BCUT2D eigenvalue weighted by atomic mass is 79.9. The molecule has 0 unspecified atom stereocenters. The Hall–Kier alpha value is -0.870. The molecule has 1 fully saturated rings. The third-order valence-corrected chi connectivity index (χ3v) is 3.63. The zero-order chi connectivity index (χ0) is 13.0. The third-order valence-electron chi connectivity index (χ3n) is 3.14. The Morgan fingerprint density at radius 1 is 1.44 bits per heavy atom. The van der Waals surface area contributed by atoms with Crippen molar-refractivity contribution in [1.82, 2.24) is 0 Å². The predicted octanol–water partition coefficient (Wildman–Crippen LogP) is 3.46. The van der Waals surface area contributed by atoms with Crippen LogP contribution in [0.25, 0.3) is 0 Å². The first kappa shape index (κ1) is 13.6. The summed E-state index contributed by atoms with van der Waals surface area (Å²) in [5, 5.41) is 0. The van der Waals surface area contributed by atoms with E-state index in [2.05, 4.69) is 15.9 Å². The van der Waals surface area contributed by atoms with Gasteiger partial charge >= 0.3 is 0 Å². The molecule has 0 aliphatic carbocycles. The lowest BCUT2D eigenvalue weighted by atomic mass is 10.0. The van der Waals surface area contributed by atoms with E-state index in [1.807, 2.05) is 12.1 Å². The normalized spacial score (nSPS) is 16.6. The lowest BCUT2D eigenvalue weighted by molar-refractivity contribution is 0.0495. The summed E-state index contributed by atoms with van der Waals surface area (Å²) in [5.41, 5.74) is 0.644. The maximum Gasteiger partial charge on any atom is 0.163 e. The SMILES string of the molecule is CC(=O)c1ccc(Br)cc1OCC1CCOCC1. The van der Waals surface area contributed by atoms with Crippen LogP contribution >= 0.6 is 15.9 Å². The topological polar surface area (TPSA) is 35.5 Å². The number of carbonyl (C=O) groups is 1. The van der Waals surface area contributed by atoms with Crippen molar-refractivity contribution in [3.63, 3.8) is 0 Å². The van der Waals surface area contributed by atoms with Gasteiger partial charge in [-0.2, -0.15) is 0 Å². The molecule has 0 N–H and O–H groups in total. The van der Waals surface area contributed by atoms with Crippen LogP contribution < -0.4 is 4.74 Å². The molecule has 1 aliphatic heterocycles. The van der Waals surface area contributed by atoms with Gasteiger partial charge in [0.25, 0.3) is 0 Å². The molecule has 4 heteroatoms. The summed E-state index contributed by atoms with van der Waals surface area (Å²) >= 11 is 3.40. The molecule has 3 nitrogen and oxygen atoms in total. The highest BCUT2D eigenvalue weighted by molar-refractivity contribution is 9.10. The van der Waals surface area contributed by atoms with Crippen molar-refractivity contribution in [3.8, 4) is 5.75 Å². The monoisotopic (exact) mass is 312 g/mol. The first-order valence-corrected chi connectivity index (χ1v) is 6.97. The molecule has 98 valence electrons. The zero-order valence-electron chi connectivity index (χ0n) is 10.4. The summed E-state index contributed by atoms with van der Waals surface area (Å²) in [6.07, 6.45) is 2.06. The van der Waals surface area contributed by atoms with Crippen LogP contribution in [0.15, 0.2) is 22.7 Å². The minimum atomic E-state index is 0.0319. The van der Waals surface area contributed by atoms with Crippen molar-refractivity contribution >= 4 is 21.7 Å². The molecule has 1 aromatic rings. The van der Waals surface area contributed by atoms with Gasteiger partial charge in [-0.3, -0.25) is 4.79 Å². The molecule has 0 atom stereocenters. The van der Waals surface area contributed by atoms with Crippen LogP contribution in [0.3, 0.4) is 0 Å². The Morgan fingerprint density at radius 3 is 2.83 bits per heavy atom. The molecular weight excluding hydrogens is 296 g/mol. The maximum absolute atomic E-state index is 11.5. The summed E-state index contributed by atoms with van der Waals surface area (Å²) in [7, 11) is 0. The van der Waals surface area contributed by atoms with Crippen LogP contribution in [0.2, 0.25) is 0 Å². The Bertz CT molecular complexity index is 425. The predicted molar refractivity (Wildman–Crippen MR) is 73.2 cm³/mol. The quantitative estimate of drug-likeness (QED) is 0.799. The summed E-state index contributed by atoms with van der Waals surface area (Å²) in [6, 6.07) is 5.51. The van der Waals surface area contributed by atoms with Gasteiger partial charge in [-0.05, 0) is 43.9 Å². The number of ether oxygens (including phenoxy) is 2. The second-order valence-corrected chi connectivity index (χ2v) is 5.48. The summed E-state index contributed by atoms with van der Waals surface area (Å²) in [6.45, 7) is 3.84. The number of hydrogen-bond donors (Lipinski definition) is 0. The molecule has 0 saturated carbocycles. The van der Waals surface area contributed by atoms with Gasteiger partial charge in [0.2, 0.25) is 0 Å². The molecule has 1 aromatic carbocycles. The number of rotatable bonds is 4. The lowest BCUT2D eigenvalue weighted by Gasteiger charge is -2.22. The van der Waals surface area contributed by atoms with E-state index in [1.165, 1.54) is 0 Å². The molecule has 0 amide bonds. The van der Waals surface area contributed by atoms with Crippen molar-refractivity contribution < 1.29 is 14.3 Å². The Balaban J connectivity index is 2.03. The van der Waals surface area contributed by atoms with Gasteiger partial charge in [-0.1, -0.05) is 15.9 Å². The van der Waals surface area contributed by atoms with Crippen LogP contribution in [0, 0.1) is 5.92 Å². The van der Waals surface area contributed by atoms with Crippen LogP contribution in [0.4, 0.5) is 0 Å². The molecule has 1 heterocycles. The summed E-state index contributed by atoms with van der Waals surface area (Å²) in [4.78, 5) is 11.5. The average Bonchev–Trinajstić information content (AvgIpc) is 2.37. The summed E-state index contributed by atoms with van der Waals surface area (Å²) < 4.78 is 12.1.